The van der Waals surface area contributed by atoms with Gasteiger partial charge < -0.3 is 15.0 Å². The van der Waals surface area contributed by atoms with E-state index in [9.17, 15) is 13.2 Å². The molecule has 2 unspecified atom stereocenters. The average molecular weight is 448 g/mol. The number of rotatable bonds is 4. The Kier molecular flexibility index (Phi) is 4.28. The van der Waals surface area contributed by atoms with Gasteiger partial charge in [-0.2, -0.15) is 13.2 Å². The fourth-order valence-electron chi connectivity index (χ4n) is 6.68. The van der Waals surface area contributed by atoms with Crippen molar-refractivity contribution in [2.75, 3.05) is 32.0 Å². The number of nitrogens with two attached hydrogens (primary N) is 1. The molecule has 5 atom stereocenters. The minimum atomic E-state index is -4.55. The van der Waals surface area contributed by atoms with E-state index >= 15 is 0 Å². The van der Waals surface area contributed by atoms with Gasteiger partial charge in [-0.15, -0.1) is 0 Å². The third-order valence-corrected chi connectivity index (χ3v) is 8.09. The molecule has 0 aromatic carbocycles. The summed E-state index contributed by atoms with van der Waals surface area (Å²) in [5.41, 5.74) is 5.59. The van der Waals surface area contributed by atoms with Crippen molar-refractivity contribution in [1.82, 2.24) is 19.4 Å². The number of aromatic nitrogens is 3. The van der Waals surface area contributed by atoms with Crippen LogP contribution in [0.5, 0.6) is 0 Å². The zero-order chi connectivity index (χ0) is 22.4. The van der Waals surface area contributed by atoms with Crippen LogP contribution < -0.4 is 5.73 Å². The second-order valence-electron chi connectivity index (χ2n) is 10.0. The van der Waals surface area contributed by atoms with Crippen LogP contribution in [0.2, 0.25) is 0 Å². The quantitative estimate of drug-likeness (QED) is 0.774. The molecule has 1 aliphatic heterocycles. The molecule has 5 fully saturated rings. The summed E-state index contributed by atoms with van der Waals surface area (Å²) >= 11 is 0. The van der Waals surface area contributed by atoms with Crippen LogP contribution in [-0.2, 0) is 16.5 Å². The van der Waals surface area contributed by atoms with E-state index in [1.54, 1.807) is 0 Å². The number of hydrogen-bond donors (Lipinski definition) is 1. The van der Waals surface area contributed by atoms with Crippen molar-refractivity contribution in [3.05, 3.63) is 29.8 Å². The summed E-state index contributed by atoms with van der Waals surface area (Å²) in [7, 11) is 0. The molecule has 9 heteroatoms. The van der Waals surface area contributed by atoms with Gasteiger partial charge in [-0.3, -0.25) is 4.90 Å². The molecule has 4 saturated carbocycles. The van der Waals surface area contributed by atoms with Gasteiger partial charge in [0.05, 0.1) is 23.4 Å². The highest BCUT2D eigenvalue weighted by molar-refractivity contribution is 5.63. The third kappa shape index (κ3) is 2.73. The molecule has 3 heterocycles. The van der Waals surface area contributed by atoms with E-state index < -0.39 is 17.6 Å². The standard InChI is InChI=1S/C23H28F3N5O/c1-12(2)21-29-16(13-8-15(23(24,25)26)20(27)28-10-13)11-31(21)22-14-9-17(19(22)18(14)22)30-4-3-6-32-7-5-30/h8,10-12,14,17-19H,3-7,9H2,1-2H3,(H2,27,28)/t14-,17?,18-,19?,22-/m0/s1. The van der Waals surface area contributed by atoms with Crippen molar-refractivity contribution in [2.45, 2.75) is 50.4 Å². The number of pyridine rings is 1. The summed E-state index contributed by atoms with van der Waals surface area (Å²) < 4.78 is 48.0. The van der Waals surface area contributed by atoms with E-state index in [1.807, 2.05) is 6.20 Å². The van der Waals surface area contributed by atoms with E-state index in [0.29, 0.717) is 35.1 Å². The Hall–Kier alpha value is -2.13. The molecule has 32 heavy (non-hydrogen) atoms. The van der Waals surface area contributed by atoms with Crippen molar-refractivity contribution in [1.29, 1.82) is 0 Å². The van der Waals surface area contributed by atoms with Gasteiger partial charge in [0.1, 0.15) is 11.6 Å². The summed E-state index contributed by atoms with van der Waals surface area (Å²) in [5.74, 6) is 2.55. The smallest absolute Gasteiger partial charge is 0.383 e. The van der Waals surface area contributed by atoms with Gasteiger partial charge >= 0.3 is 6.18 Å². The molecule has 4 aliphatic carbocycles. The molecular weight excluding hydrogens is 419 g/mol. The van der Waals surface area contributed by atoms with Crippen molar-refractivity contribution < 1.29 is 17.9 Å². The number of halogens is 3. The number of nitrogen functional groups attached to an aromatic ring is 1. The first-order chi connectivity index (χ1) is 15.2. The Morgan fingerprint density at radius 3 is 2.75 bits per heavy atom. The highest BCUT2D eigenvalue weighted by atomic mass is 19.4. The second-order valence-corrected chi connectivity index (χ2v) is 10.0. The van der Waals surface area contributed by atoms with Gasteiger partial charge in [0, 0.05) is 55.5 Å². The topological polar surface area (TPSA) is 69.2 Å². The van der Waals surface area contributed by atoms with Gasteiger partial charge in [-0.1, -0.05) is 13.8 Å². The lowest BCUT2D eigenvalue weighted by Gasteiger charge is -2.27. The number of fused-ring (bicyclic) bond motifs is 1. The van der Waals surface area contributed by atoms with Crippen molar-refractivity contribution in [3.63, 3.8) is 0 Å². The van der Waals surface area contributed by atoms with Crippen molar-refractivity contribution in [2.24, 2.45) is 17.8 Å². The Labute approximate surface area is 185 Å². The lowest BCUT2D eigenvalue weighted by molar-refractivity contribution is -0.137. The van der Waals surface area contributed by atoms with Crippen molar-refractivity contribution >= 4 is 5.82 Å². The molecule has 1 saturated heterocycles. The minimum absolute atomic E-state index is 0.108. The van der Waals surface area contributed by atoms with E-state index in [4.69, 9.17) is 15.5 Å². The van der Waals surface area contributed by atoms with Crippen LogP contribution in [0.4, 0.5) is 19.0 Å². The highest BCUT2D eigenvalue weighted by Crippen LogP contribution is 2.89. The van der Waals surface area contributed by atoms with E-state index in [0.717, 1.165) is 44.6 Å². The monoisotopic (exact) mass is 447 g/mol. The first-order valence-corrected chi connectivity index (χ1v) is 11.5. The Bertz CT molecular complexity index is 1050. The van der Waals surface area contributed by atoms with Gasteiger partial charge in [0.2, 0.25) is 0 Å². The van der Waals surface area contributed by atoms with E-state index in [1.165, 1.54) is 12.6 Å². The molecular formula is C23H28F3N5O. The average Bonchev–Trinajstić information content (AvgIpc) is 3.39. The third-order valence-electron chi connectivity index (χ3n) is 8.09. The highest BCUT2D eigenvalue weighted by Gasteiger charge is 2.93. The summed E-state index contributed by atoms with van der Waals surface area (Å²) in [6, 6.07) is 1.65. The fraction of sp³-hybridized carbons (Fsp3) is 0.652. The van der Waals surface area contributed by atoms with Gasteiger partial charge in [0.25, 0.3) is 0 Å². The van der Waals surface area contributed by atoms with Gasteiger partial charge in [-0.05, 0) is 30.7 Å². The predicted octanol–water partition coefficient (Wildman–Crippen LogP) is 3.74. The van der Waals surface area contributed by atoms with Gasteiger partial charge in [0.15, 0.2) is 0 Å². The first-order valence-electron chi connectivity index (χ1n) is 11.5. The van der Waals surface area contributed by atoms with Crippen LogP contribution >= 0.6 is 0 Å². The van der Waals surface area contributed by atoms with Crippen LogP contribution in [0.1, 0.15) is 44.0 Å². The molecule has 2 aromatic heterocycles. The number of imidazole rings is 1. The maximum absolute atomic E-state index is 13.4. The Balaban J connectivity index is 1.33. The molecule has 2 aromatic rings. The fourth-order valence-corrected chi connectivity index (χ4v) is 6.68. The SMILES string of the molecule is CC(C)c1nc(-c2cnc(N)c(C(F)(F)F)c2)cn1[C@@]12C3C(N4CCCOCC4)C[C@H]1[C@@H]32. The van der Waals surface area contributed by atoms with Crippen LogP contribution in [0.3, 0.4) is 0 Å². The number of ether oxygens (including phenoxy) is 1. The van der Waals surface area contributed by atoms with E-state index in [-0.39, 0.29) is 11.5 Å². The molecule has 6 nitrogen and oxygen atoms in total. The maximum Gasteiger partial charge on any atom is 0.419 e. The van der Waals surface area contributed by atoms with Crippen LogP contribution in [-0.4, -0.2) is 51.8 Å². The number of hydrogen-bond acceptors (Lipinski definition) is 5. The number of anilines is 1. The normalized spacial score (nSPS) is 33.9. The maximum atomic E-state index is 13.4. The molecule has 0 amide bonds. The Morgan fingerprint density at radius 1 is 1.22 bits per heavy atom. The lowest BCUT2D eigenvalue weighted by atomic mass is 10.1. The second kappa shape index (κ2) is 6.70. The molecule has 0 radical (unpaired) electrons. The minimum Gasteiger partial charge on any atom is -0.383 e. The Morgan fingerprint density at radius 2 is 2.03 bits per heavy atom. The van der Waals surface area contributed by atoms with E-state index in [2.05, 4.69) is 28.3 Å². The molecule has 172 valence electrons. The predicted molar refractivity (Wildman–Crippen MR) is 113 cm³/mol. The molecule has 7 rings (SSSR count). The zero-order valence-electron chi connectivity index (χ0n) is 18.3. The lowest BCUT2D eigenvalue weighted by Crippen LogP contribution is -2.37. The molecule has 5 aliphatic rings. The first kappa shape index (κ1) is 20.5. The molecule has 0 spiro atoms. The van der Waals surface area contributed by atoms with Crippen LogP contribution in [0.15, 0.2) is 18.5 Å². The zero-order valence-corrected chi connectivity index (χ0v) is 18.3. The summed E-state index contributed by atoms with van der Waals surface area (Å²) in [6.45, 7) is 7.88. The van der Waals surface area contributed by atoms with Gasteiger partial charge in [-0.25, -0.2) is 9.97 Å². The van der Waals surface area contributed by atoms with Crippen molar-refractivity contribution in [3.8, 4) is 11.3 Å². The summed E-state index contributed by atoms with van der Waals surface area (Å²) in [4.78, 5) is 11.2. The van der Waals surface area contributed by atoms with Crippen LogP contribution in [0.25, 0.3) is 11.3 Å². The molecule has 2 bridgehead atoms. The summed E-state index contributed by atoms with van der Waals surface area (Å²) in [6.07, 6.45) is 1.08. The van der Waals surface area contributed by atoms with Crippen LogP contribution in [0, 0.1) is 17.8 Å². The number of nitrogens with zero attached hydrogens (tertiary/aromatic N) is 4. The largest absolute Gasteiger partial charge is 0.419 e. The summed E-state index contributed by atoms with van der Waals surface area (Å²) in [5, 5.41) is 0. The number of alkyl halides is 3. The molecule has 2 N–H and O–H groups in total.